The monoisotopic (exact) mass is 356 g/mol. The Morgan fingerprint density at radius 2 is 2.23 bits per heavy atom. The van der Waals surface area contributed by atoms with E-state index in [4.69, 9.17) is 18.6 Å². The van der Waals surface area contributed by atoms with Crippen molar-refractivity contribution in [1.82, 2.24) is 9.88 Å². The lowest BCUT2D eigenvalue weighted by atomic mass is 10.1. The number of nitrogens with zero attached hydrogens (tertiary/aromatic N) is 2. The van der Waals surface area contributed by atoms with E-state index in [1.54, 1.807) is 18.2 Å². The molecule has 0 bridgehead atoms. The SMILES string of the molecule is CCC[C@H]1C=CCN1C(=O)c1coc(COc2ccc3c(c2)OCO3)n1. The molecule has 7 nitrogen and oxygen atoms in total. The largest absolute Gasteiger partial charge is 0.484 e. The maximum absolute atomic E-state index is 12.6. The van der Waals surface area contributed by atoms with Crippen LogP contribution in [0.1, 0.15) is 36.1 Å². The van der Waals surface area contributed by atoms with E-state index in [1.165, 1.54) is 6.26 Å². The molecule has 7 heteroatoms. The van der Waals surface area contributed by atoms with E-state index in [0.29, 0.717) is 35.4 Å². The average Bonchev–Trinajstić information content (AvgIpc) is 3.39. The van der Waals surface area contributed by atoms with Crippen LogP contribution in [-0.2, 0) is 6.61 Å². The second kappa shape index (κ2) is 7.11. The van der Waals surface area contributed by atoms with Gasteiger partial charge in [0.05, 0.1) is 6.04 Å². The van der Waals surface area contributed by atoms with E-state index in [0.717, 1.165) is 12.8 Å². The molecule has 2 aliphatic rings. The van der Waals surface area contributed by atoms with E-state index in [9.17, 15) is 4.79 Å². The highest BCUT2D eigenvalue weighted by atomic mass is 16.7. The van der Waals surface area contributed by atoms with Crippen molar-refractivity contribution in [2.75, 3.05) is 13.3 Å². The molecule has 0 aliphatic carbocycles. The summed E-state index contributed by atoms with van der Waals surface area (Å²) in [5.41, 5.74) is 0.305. The van der Waals surface area contributed by atoms with Crippen molar-refractivity contribution in [3.8, 4) is 17.2 Å². The van der Waals surface area contributed by atoms with E-state index < -0.39 is 0 Å². The van der Waals surface area contributed by atoms with Gasteiger partial charge < -0.3 is 23.5 Å². The number of oxazole rings is 1. The molecule has 2 aromatic rings. The van der Waals surface area contributed by atoms with Crippen LogP contribution in [0.25, 0.3) is 0 Å². The first kappa shape index (κ1) is 16.5. The first-order valence-corrected chi connectivity index (χ1v) is 8.69. The van der Waals surface area contributed by atoms with Crippen LogP contribution in [0.4, 0.5) is 0 Å². The summed E-state index contributed by atoms with van der Waals surface area (Å²) in [6.45, 7) is 3.06. The molecule has 2 aliphatic heterocycles. The van der Waals surface area contributed by atoms with Crippen LogP contribution < -0.4 is 14.2 Å². The van der Waals surface area contributed by atoms with Crippen LogP contribution in [0.2, 0.25) is 0 Å². The minimum Gasteiger partial charge on any atom is -0.484 e. The Bertz CT molecular complexity index is 829. The Morgan fingerprint density at radius 1 is 1.35 bits per heavy atom. The predicted octanol–water partition coefficient (Wildman–Crippen LogP) is 3.16. The first-order chi connectivity index (χ1) is 12.7. The van der Waals surface area contributed by atoms with Gasteiger partial charge in [-0.15, -0.1) is 0 Å². The Morgan fingerprint density at radius 3 is 3.12 bits per heavy atom. The number of fused-ring (bicyclic) bond motifs is 1. The van der Waals surface area contributed by atoms with Crippen molar-refractivity contribution in [2.45, 2.75) is 32.4 Å². The quantitative estimate of drug-likeness (QED) is 0.740. The molecule has 1 aromatic heterocycles. The predicted molar refractivity (Wildman–Crippen MR) is 92.3 cm³/mol. The number of carbonyl (C=O) groups is 1. The van der Waals surface area contributed by atoms with Gasteiger partial charge in [0.25, 0.3) is 5.91 Å². The number of ether oxygens (including phenoxy) is 3. The zero-order chi connectivity index (χ0) is 17.9. The molecule has 4 rings (SSSR count). The average molecular weight is 356 g/mol. The summed E-state index contributed by atoms with van der Waals surface area (Å²) >= 11 is 0. The van der Waals surface area contributed by atoms with Crippen LogP contribution in [0, 0.1) is 0 Å². The fraction of sp³-hybridized carbons (Fsp3) is 0.368. The molecule has 0 N–H and O–H groups in total. The van der Waals surface area contributed by atoms with Crippen LogP contribution in [0.5, 0.6) is 17.2 Å². The van der Waals surface area contributed by atoms with Crippen LogP contribution >= 0.6 is 0 Å². The normalized spacial score (nSPS) is 17.7. The lowest BCUT2D eigenvalue weighted by Gasteiger charge is -2.23. The highest BCUT2D eigenvalue weighted by Crippen LogP contribution is 2.35. The third kappa shape index (κ3) is 3.24. The summed E-state index contributed by atoms with van der Waals surface area (Å²) < 4.78 is 21.6. The number of rotatable bonds is 6. The molecular weight excluding hydrogens is 336 g/mol. The molecule has 0 saturated carbocycles. The lowest BCUT2D eigenvalue weighted by Crippen LogP contribution is -2.36. The standard InChI is InChI=1S/C19H20N2O5/c1-2-4-13-5-3-8-21(13)19(22)15-10-24-18(20-15)11-23-14-6-7-16-17(9-14)26-12-25-16/h3,5-7,9-10,13H,2,4,8,11-12H2,1H3/t13-/m0/s1. The van der Waals surface area contributed by atoms with E-state index in [-0.39, 0.29) is 25.3 Å². The summed E-state index contributed by atoms with van der Waals surface area (Å²) in [4.78, 5) is 18.7. The number of aromatic nitrogens is 1. The molecule has 0 unspecified atom stereocenters. The number of hydrogen-bond donors (Lipinski definition) is 0. The zero-order valence-electron chi connectivity index (χ0n) is 14.5. The molecule has 3 heterocycles. The Kier molecular flexibility index (Phi) is 4.51. The van der Waals surface area contributed by atoms with Crippen LogP contribution in [-0.4, -0.2) is 35.2 Å². The van der Waals surface area contributed by atoms with E-state index >= 15 is 0 Å². The van der Waals surface area contributed by atoms with Crippen LogP contribution in [0.3, 0.4) is 0 Å². The van der Waals surface area contributed by atoms with Crippen molar-refractivity contribution in [3.63, 3.8) is 0 Å². The Labute approximate surface area is 151 Å². The van der Waals surface area contributed by atoms with Gasteiger partial charge in [-0.05, 0) is 18.6 Å². The third-order valence-electron chi connectivity index (χ3n) is 4.38. The van der Waals surface area contributed by atoms with Crippen molar-refractivity contribution in [2.24, 2.45) is 0 Å². The maximum atomic E-state index is 12.6. The van der Waals surface area contributed by atoms with E-state index in [1.807, 2.05) is 11.0 Å². The summed E-state index contributed by atoms with van der Waals surface area (Å²) in [5, 5.41) is 0. The molecule has 1 aromatic carbocycles. The van der Waals surface area contributed by atoms with Crippen molar-refractivity contribution >= 4 is 5.91 Å². The van der Waals surface area contributed by atoms with E-state index in [2.05, 4.69) is 18.0 Å². The summed E-state index contributed by atoms with van der Waals surface area (Å²) in [6, 6.07) is 5.46. The third-order valence-corrected chi connectivity index (χ3v) is 4.38. The molecule has 0 spiro atoms. The number of benzene rings is 1. The van der Waals surface area contributed by atoms with Gasteiger partial charge >= 0.3 is 0 Å². The van der Waals surface area contributed by atoms with Crippen LogP contribution in [0.15, 0.2) is 41.0 Å². The minimum absolute atomic E-state index is 0.119. The summed E-state index contributed by atoms with van der Waals surface area (Å²) in [7, 11) is 0. The molecular formula is C19H20N2O5. The van der Waals surface area contributed by atoms with Crippen molar-refractivity contribution in [1.29, 1.82) is 0 Å². The van der Waals surface area contributed by atoms with Gasteiger partial charge in [-0.2, -0.15) is 0 Å². The van der Waals surface area contributed by atoms with Gasteiger partial charge in [0.2, 0.25) is 12.7 Å². The highest BCUT2D eigenvalue weighted by molar-refractivity contribution is 5.92. The molecule has 0 saturated heterocycles. The molecule has 26 heavy (non-hydrogen) atoms. The smallest absolute Gasteiger partial charge is 0.276 e. The van der Waals surface area contributed by atoms with Gasteiger partial charge in [-0.1, -0.05) is 25.5 Å². The molecule has 1 atom stereocenters. The lowest BCUT2D eigenvalue weighted by molar-refractivity contribution is 0.0738. The summed E-state index contributed by atoms with van der Waals surface area (Å²) in [5.74, 6) is 2.19. The van der Waals surface area contributed by atoms with Gasteiger partial charge in [0.15, 0.2) is 23.8 Å². The Balaban J connectivity index is 1.38. The Hall–Kier alpha value is -2.96. The van der Waals surface area contributed by atoms with Crippen molar-refractivity contribution < 1.29 is 23.4 Å². The minimum atomic E-state index is -0.119. The topological polar surface area (TPSA) is 74.0 Å². The fourth-order valence-corrected chi connectivity index (χ4v) is 3.09. The van der Waals surface area contributed by atoms with Gasteiger partial charge in [-0.25, -0.2) is 4.98 Å². The van der Waals surface area contributed by atoms with Gasteiger partial charge in [0.1, 0.15) is 12.0 Å². The molecule has 1 amide bonds. The number of hydrogen-bond acceptors (Lipinski definition) is 6. The second-order valence-corrected chi connectivity index (χ2v) is 6.17. The zero-order valence-corrected chi connectivity index (χ0v) is 14.5. The molecule has 0 radical (unpaired) electrons. The summed E-state index contributed by atoms with van der Waals surface area (Å²) in [6.07, 6.45) is 7.45. The second-order valence-electron chi connectivity index (χ2n) is 6.17. The number of carbonyl (C=O) groups excluding carboxylic acids is 1. The maximum Gasteiger partial charge on any atom is 0.276 e. The van der Waals surface area contributed by atoms with Gasteiger partial charge in [-0.3, -0.25) is 4.79 Å². The first-order valence-electron chi connectivity index (χ1n) is 8.69. The molecule has 136 valence electrons. The number of amides is 1. The highest BCUT2D eigenvalue weighted by Gasteiger charge is 2.27. The van der Waals surface area contributed by atoms with Gasteiger partial charge in [0, 0.05) is 12.6 Å². The fourth-order valence-electron chi connectivity index (χ4n) is 3.09. The van der Waals surface area contributed by atoms with Crippen molar-refractivity contribution in [3.05, 3.63) is 48.2 Å². The molecule has 0 fully saturated rings.